The lowest BCUT2D eigenvalue weighted by atomic mass is 10.0. The summed E-state index contributed by atoms with van der Waals surface area (Å²) in [6.45, 7) is 6.54. The van der Waals surface area contributed by atoms with Gasteiger partial charge in [-0.15, -0.1) is 0 Å². The summed E-state index contributed by atoms with van der Waals surface area (Å²) >= 11 is 0. The van der Waals surface area contributed by atoms with Gasteiger partial charge in [0.25, 0.3) is 0 Å². The summed E-state index contributed by atoms with van der Waals surface area (Å²) in [4.78, 5) is 35.2. The molecule has 6 heteroatoms. The summed E-state index contributed by atoms with van der Waals surface area (Å²) < 4.78 is 0. The highest BCUT2D eigenvalue weighted by atomic mass is 16.2. The molecule has 2 amide bonds. The van der Waals surface area contributed by atoms with Crippen molar-refractivity contribution in [1.29, 1.82) is 0 Å². The number of carbonyl (C=O) groups is 2. The Morgan fingerprint density at radius 1 is 1.12 bits per heavy atom. The third-order valence-corrected chi connectivity index (χ3v) is 5.56. The molecule has 2 aliphatic heterocycles. The number of pyridine rings is 1. The van der Waals surface area contributed by atoms with Gasteiger partial charge in [0.1, 0.15) is 0 Å². The van der Waals surface area contributed by atoms with E-state index in [1.165, 1.54) is 6.42 Å². The fraction of sp³-hybridized carbons (Fsp3) is 0.650. The fourth-order valence-electron chi connectivity index (χ4n) is 3.86. The van der Waals surface area contributed by atoms with Crippen molar-refractivity contribution in [2.75, 3.05) is 39.3 Å². The van der Waals surface area contributed by atoms with Crippen LogP contribution in [0, 0.1) is 0 Å². The lowest BCUT2D eigenvalue weighted by Crippen LogP contribution is -2.53. The molecule has 0 aromatic carbocycles. The number of aromatic nitrogens is 1. The fourth-order valence-corrected chi connectivity index (χ4v) is 3.86. The predicted octanol–water partition coefficient (Wildman–Crippen LogP) is 1.56. The molecular weight excluding hydrogens is 328 g/mol. The van der Waals surface area contributed by atoms with E-state index in [1.807, 2.05) is 28.1 Å². The number of piperazine rings is 1. The van der Waals surface area contributed by atoms with Crippen molar-refractivity contribution < 1.29 is 9.59 Å². The number of rotatable bonds is 5. The van der Waals surface area contributed by atoms with Crippen molar-refractivity contribution >= 4 is 11.8 Å². The zero-order chi connectivity index (χ0) is 18.4. The molecule has 0 aliphatic carbocycles. The topological polar surface area (TPSA) is 56.8 Å². The first-order valence-corrected chi connectivity index (χ1v) is 9.82. The Morgan fingerprint density at radius 3 is 2.62 bits per heavy atom. The Kier molecular flexibility index (Phi) is 6.61. The number of carbonyl (C=O) groups excluding carboxylic acids is 2. The maximum atomic E-state index is 12.5. The van der Waals surface area contributed by atoms with Crippen molar-refractivity contribution in [1.82, 2.24) is 19.7 Å². The van der Waals surface area contributed by atoms with Crippen LogP contribution in [0.3, 0.4) is 0 Å². The highest BCUT2D eigenvalue weighted by molar-refractivity contribution is 5.79. The quantitative estimate of drug-likeness (QED) is 0.802. The molecule has 2 fully saturated rings. The Balaban J connectivity index is 1.39. The second kappa shape index (κ2) is 9.12. The summed E-state index contributed by atoms with van der Waals surface area (Å²) in [7, 11) is 0. The van der Waals surface area contributed by atoms with E-state index in [0.29, 0.717) is 32.1 Å². The van der Waals surface area contributed by atoms with E-state index in [9.17, 15) is 9.59 Å². The number of likely N-dealkylation sites (tertiary alicyclic amines) is 1. The average Bonchev–Trinajstić information content (AvgIpc) is 2.68. The average molecular weight is 358 g/mol. The highest BCUT2D eigenvalue weighted by Crippen LogP contribution is 2.17. The van der Waals surface area contributed by atoms with Crippen molar-refractivity contribution in [3.8, 4) is 0 Å². The van der Waals surface area contributed by atoms with Crippen LogP contribution in [0.15, 0.2) is 24.5 Å². The zero-order valence-electron chi connectivity index (χ0n) is 15.8. The van der Waals surface area contributed by atoms with Gasteiger partial charge in [0.05, 0.1) is 6.54 Å². The van der Waals surface area contributed by atoms with Crippen molar-refractivity contribution in [2.24, 2.45) is 0 Å². The van der Waals surface area contributed by atoms with E-state index in [4.69, 9.17) is 0 Å². The lowest BCUT2D eigenvalue weighted by molar-refractivity contribution is -0.137. The molecule has 0 spiro atoms. The molecule has 3 rings (SSSR count). The van der Waals surface area contributed by atoms with Gasteiger partial charge in [-0.25, -0.2) is 0 Å². The molecule has 2 aliphatic rings. The van der Waals surface area contributed by atoms with Gasteiger partial charge in [-0.3, -0.25) is 19.5 Å². The van der Waals surface area contributed by atoms with Crippen LogP contribution in [0.2, 0.25) is 0 Å². The number of aryl methyl sites for hydroxylation is 1. The van der Waals surface area contributed by atoms with E-state index < -0.39 is 0 Å². The van der Waals surface area contributed by atoms with Crippen LogP contribution in [0.25, 0.3) is 0 Å². The second-order valence-corrected chi connectivity index (χ2v) is 7.45. The molecule has 142 valence electrons. The largest absolute Gasteiger partial charge is 0.340 e. The SMILES string of the molecule is CC1CCCCN1C(=O)CN1CCN(C(=O)CCc2cccnc2)CC1. The van der Waals surface area contributed by atoms with Gasteiger partial charge in [-0.2, -0.15) is 0 Å². The van der Waals surface area contributed by atoms with Crippen LogP contribution >= 0.6 is 0 Å². The highest BCUT2D eigenvalue weighted by Gasteiger charge is 2.27. The van der Waals surface area contributed by atoms with E-state index in [-0.39, 0.29) is 11.8 Å². The molecule has 26 heavy (non-hydrogen) atoms. The van der Waals surface area contributed by atoms with Gasteiger partial charge in [0.15, 0.2) is 0 Å². The Hall–Kier alpha value is -1.95. The van der Waals surface area contributed by atoms with Gasteiger partial charge < -0.3 is 9.80 Å². The van der Waals surface area contributed by atoms with Crippen LogP contribution < -0.4 is 0 Å². The Morgan fingerprint density at radius 2 is 1.92 bits per heavy atom. The molecular formula is C20H30N4O2. The Labute approximate surface area is 156 Å². The maximum absolute atomic E-state index is 12.5. The minimum Gasteiger partial charge on any atom is -0.340 e. The molecule has 2 saturated heterocycles. The van der Waals surface area contributed by atoms with Gasteiger partial charge in [0.2, 0.25) is 11.8 Å². The van der Waals surface area contributed by atoms with E-state index in [1.54, 1.807) is 6.20 Å². The molecule has 1 atom stereocenters. The minimum absolute atomic E-state index is 0.199. The third kappa shape index (κ3) is 5.04. The smallest absolute Gasteiger partial charge is 0.236 e. The standard InChI is InChI=1S/C20H30N4O2/c1-17-5-2-3-10-24(17)20(26)16-22-11-13-23(14-12-22)19(25)8-7-18-6-4-9-21-15-18/h4,6,9,15,17H,2-3,5,7-8,10-14,16H2,1H3. The lowest BCUT2D eigenvalue weighted by Gasteiger charge is -2.38. The van der Waals surface area contributed by atoms with E-state index >= 15 is 0 Å². The summed E-state index contributed by atoms with van der Waals surface area (Å²) in [6, 6.07) is 4.27. The van der Waals surface area contributed by atoms with Gasteiger partial charge >= 0.3 is 0 Å². The third-order valence-electron chi connectivity index (χ3n) is 5.56. The van der Waals surface area contributed by atoms with Crippen molar-refractivity contribution in [3.05, 3.63) is 30.1 Å². The van der Waals surface area contributed by atoms with E-state index in [0.717, 1.165) is 44.5 Å². The number of hydrogen-bond acceptors (Lipinski definition) is 4. The maximum Gasteiger partial charge on any atom is 0.236 e. The van der Waals surface area contributed by atoms with Crippen LogP contribution in [0.5, 0.6) is 0 Å². The first-order valence-electron chi connectivity index (χ1n) is 9.82. The van der Waals surface area contributed by atoms with Crippen LogP contribution in [-0.2, 0) is 16.0 Å². The van der Waals surface area contributed by atoms with Crippen LogP contribution in [-0.4, -0.2) is 76.8 Å². The number of hydrogen-bond donors (Lipinski definition) is 0. The molecule has 1 aromatic heterocycles. The van der Waals surface area contributed by atoms with Crippen molar-refractivity contribution in [3.63, 3.8) is 0 Å². The number of piperidine rings is 1. The minimum atomic E-state index is 0.199. The molecule has 1 aromatic rings. The van der Waals surface area contributed by atoms with Crippen LogP contribution in [0.1, 0.15) is 38.2 Å². The van der Waals surface area contributed by atoms with Crippen molar-refractivity contribution in [2.45, 2.75) is 45.1 Å². The second-order valence-electron chi connectivity index (χ2n) is 7.45. The monoisotopic (exact) mass is 358 g/mol. The molecule has 0 radical (unpaired) electrons. The van der Waals surface area contributed by atoms with Gasteiger partial charge in [0, 0.05) is 57.6 Å². The molecule has 3 heterocycles. The van der Waals surface area contributed by atoms with E-state index in [2.05, 4.69) is 16.8 Å². The number of amides is 2. The molecule has 6 nitrogen and oxygen atoms in total. The summed E-state index contributed by atoms with van der Waals surface area (Å²) in [5.74, 6) is 0.443. The molecule has 0 bridgehead atoms. The summed E-state index contributed by atoms with van der Waals surface area (Å²) in [5, 5.41) is 0. The predicted molar refractivity (Wildman–Crippen MR) is 101 cm³/mol. The molecule has 1 unspecified atom stereocenters. The summed E-state index contributed by atoms with van der Waals surface area (Å²) in [6.07, 6.45) is 8.29. The first-order chi connectivity index (χ1) is 12.6. The number of nitrogens with zero attached hydrogens (tertiary/aromatic N) is 4. The van der Waals surface area contributed by atoms with Crippen LogP contribution in [0.4, 0.5) is 0 Å². The molecule has 0 N–H and O–H groups in total. The zero-order valence-corrected chi connectivity index (χ0v) is 15.8. The van der Waals surface area contributed by atoms with Gasteiger partial charge in [-0.05, 0) is 44.2 Å². The molecule has 0 saturated carbocycles. The Bertz CT molecular complexity index is 599. The van der Waals surface area contributed by atoms with Gasteiger partial charge in [-0.1, -0.05) is 6.07 Å². The first kappa shape index (κ1) is 18.8. The summed E-state index contributed by atoms with van der Waals surface area (Å²) in [5.41, 5.74) is 1.10. The normalized spacial score (nSPS) is 21.7.